The summed E-state index contributed by atoms with van der Waals surface area (Å²) < 4.78 is 10.9. The monoisotopic (exact) mass is 324 g/mol. The SMILES string of the molecule is COc1cc2c(c(C)c1OC)NC(=O)CN=C2c1cccc(C)c1. The van der Waals surface area contributed by atoms with E-state index in [9.17, 15) is 4.79 Å². The molecule has 0 atom stereocenters. The number of hydrogen-bond acceptors (Lipinski definition) is 4. The number of hydrogen-bond donors (Lipinski definition) is 1. The summed E-state index contributed by atoms with van der Waals surface area (Å²) in [6.07, 6.45) is 0. The van der Waals surface area contributed by atoms with Gasteiger partial charge in [0.25, 0.3) is 0 Å². The van der Waals surface area contributed by atoms with Crippen LogP contribution in [0.15, 0.2) is 35.3 Å². The van der Waals surface area contributed by atoms with Crippen molar-refractivity contribution < 1.29 is 14.3 Å². The van der Waals surface area contributed by atoms with E-state index >= 15 is 0 Å². The first kappa shape index (κ1) is 16.1. The molecule has 0 bridgehead atoms. The first-order valence-electron chi connectivity index (χ1n) is 7.72. The van der Waals surface area contributed by atoms with Gasteiger partial charge in [-0.25, -0.2) is 0 Å². The molecule has 1 N–H and O–H groups in total. The van der Waals surface area contributed by atoms with Gasteiger partial charge in [0.15, 0.2) is 11.5 Å². The first-order valence-corrected chi connectivity index (χ1v) is 7.72. The van der Waals surface area contributed by atoms with E-state index in [1.54, 1.807) is 14.2 Å². The number of fused-ring (bicyclic) bond motifs is 1. The third-order valence-corrected chi connectivity index (χ3v) is 4.10. The smallest absolute Gasteiger partial charge is 0.246 e. The van der Waals surface area contributed by atoms with Gasteiger partial charge >= 0.3 is 0 Å². The quantitative estimate of drug-likeness (QED) is 0.944. The number of nitrogens with one attached hydrogen (secondary N) is 1. The summed E-state index contributed by atoms with van der Waals surface area (Å²) in [5.74, 6) is 1.08. The van der Waals surface area contributed by atoms with Crippen LogP contribution in [0.2, 0.25) is 0 Å². The van der Waals surface area contributed by atoms with Gasteiger partial charge in [-0.3, -0.25) is 9.79 Å². The number of aliphatic imine (C=N–C) groups is 1. The van der Waals surface area contributed by atoms with Crippen molar-refractivity contribution in [3.8, 4) is 11.5 Å². The lowest BCUT2D eigenvalue weighted by Gasteiger charge is -2.18. The standard InChI is InChI=1S/C19H20N2O3/c1-11-6-5-7-13(8-11)18-14-9-15(23-3)19(24-4)12(2)17(14)21-16(22)10-20-18/h5-9H,10H2,1-4H3,(H,21,22). The van der Waals surface area contributed by atoms with Crippen LogP contribution in [-0.2, 0) is 4.79 Å². The Morgan fingerprint density at radius 2 is 1.92 bits per heavy atom. The Morgan fingerprint density at radius 3 is 2.58 bits per heavy atom. The van der Waals surface area contributed by atoms with Gasteiger partial charge in [0.1, 0.15) is 6.54 Å². The van der Waals surface area contributed by atoms with E-state index in [0.717, 1.165) is 33.7 Å². The van der Waals surface area contributed by atoms with Crippen LogP contribution in [0.5, 0.6) is 11.5 Å². The molecular formula is C19H20N2O3. The zero-order valence-electron chi connectivity index (χ0n) is 14.3. The van der Waals surface area contributed by atoms with Gasteiger partial charge in [-0.1, -0.05) is 23.8 Å². The zero-order valence-corrected chi connectivity index (χ0v) is 14.3. The Bertz CT molecular complexity index is 841. The topological polar surface area (TPSA) is 59.9 Å². The molecule has 24 heavy (non-hydrogen) atoms. The van der Waals surface area contributed by atoms with Crippen LogP contribution in [-0.4, -0.2) is 32.4 Å². The van der Waals surface area contributed by atoms with Gasteiger partial charge in [-0.2, -0.15) is 0 Å². The number of aryl methyl sites for hydroxylation is 1. The lowest BCUT2D eigenvalue weighted by Crippen LogP contribution is -2.15. The second-order valence-corrected chi connectivity index (χ2v) is 5.74. The summed E-state index contributed by atoms with van der Waals surface area (Å²) in [6.45, 7) is 4.02. The molecule has 0 unspecified atom stereocenters. The molecule has 3 rings (SSSR count). The van der Waals surface area contributed by atoms with E-state index in [1.165, 1.54) is 0 Å². The third kappa shape index (κ3) is 2.73. The molecule has 1 heterocycles. The van der Waals surface area contributed by atoms with Crippen LogP contribution < -0.4 is 14.8 Å². The van der Waals surface area contributed by atoms with Crippen molar-refractivity contribution in [2.75, 3.05) is 26.1 Å². The van der Waals surface area contributed by atoms with Crippen LogP contribution in [0.4, 0.5) is 5.69 Å². The molecule has 5 heteroatoms. The fourth-order valence-electron chi connectivity index (χ4n) is 2.98. The van der Waals surface area contributed by atoms with E-state index in [0.29, 0.717) is 11.5 Å². The van der Waals surface area contributed by atoms with Crippen molar-refractivity contribution in [1.29, 1.82) is 0 Å². The predicted molar refractivity (Wildman–Crippen MR) is 94.6 cm³/mol. The van der Waals surface area contributed by atoms with Crippen LogP contribution in [0.25, 0.3) is 0 Å². The highest BCUT2D eigenvalue weighted by Gasteiger charge is 2.24. The van der Waals surface area contributed by atoms with Gasteiger partial charge in [-0.15, -0.1) is 0 Å². The van der Waals surface area contributed by atoms with E-state index in [4.69, 9.17) is 9.47 Å². The number of ether oxygens (including phenoxy) is 2. The Kier molecular flexibility index (Phi) is 4.25. The molecule has 0 radical (unpaired) electrons. The molecule has 5 nitrogen and oxygen atoms in total. The molecule has 0 aliphatic carbocycles. The molecule has 0 saturated carbocycles. The summed E-state index contributed by atoms with van der Waals surface area (Å²) in [5.41, 5.74) is 5.26. The minimum atomic E-state index is -0.144. The minimum absolute atomic E-state index is 0.0853. The molecule has 1 amide bonds. The maximum Gasteiger partial charge on any atom is 0.246 e. The number of carbonyl (C=O) groups is 1. The number of methoxy groups -OCH3 is 2. The molecular weight excluding hydrogens is 304 g/mol. The summed E-state index contributed by atoms with van der Waals surface area (Å²) >= 11 is 0. The van der Waals surface area contributed by atoms with Crippen LogP contribution in [0.1, 0.15) is 22.3 Å². The third-order valence-electron chi connectivity index (χ3n) is 4.10. The summed E-state index contributed by atoms with van der Waals surface area (Å²) in [5, 5.41) is 2.94. The second kappa shape index (κ2) is 6.35. The lowest BCUT2D eigenvalue weighted by molar-refractivity contribution is -0.114. The fourth-order valence-corrected chi connectivity index (χ4v) is 2.98. The Morgan fingerprint density at radius 1 is 1.12 bits per heavy atom. The molecule has 0 fully saturated rings. The predicted octanol–water partition coefficient (Wildman–Crippen LogP) is 3.11. The highest BCUT2D eigenvalue weighted by Crippen LogP contribution is 2.40. The molecule has 1 aliphatic heterocycles. The average molecular weight is 324 g/mol. The maximum absolute atomic E-state index is 12.1. The number of carbonyl (C=O) groups excluding carboxylic acids is 1. The van der Waals surface area contributed by atoms with Crippen molar-refractivity contribution in [3.05, 3.63) is 52.6 Å². The highest BCUT2D eigenvalue weighted by molar-refractivity contribution is 6.20. The number of amides is 1. The normalized spacial score (nSPS) is 13.5. The molecule has 124 valence electrons. The first-order chi connectivity index (χ1) is 11.5. The van der Waals surface area contributed by atoms with E-state index in [-0.39, 0.29) is 12.5 Å². The molecule has 1 aliphatic rings. The highest BCUT2D eigenvalue weighted by atomic mass is 16.5. The van der Waals surface area contributed by atoms with E-state index in [2.05, 4.69) is 16.4 Å². The van der Waals surface area contributed by atoms with E-state index < -0.39 is 0 Å². The van der Waals surface area contributed by atoms with Crippen molar-refractivity contribution in [2.24, 2.45) is 4.99 Å². The molecule has 0 saturated heterocycles. The number of anilines is 1. The number of rotatable bonds is 3. The summed E-state index contributed by atoms with van der Waals surface area (Å²) in [6, 6.07) is 9.95. The molecule has 2 aromatic carbocycles. The maximum atomic E-state index is 12.1. The second-order valence-electron chi connectivity index (χ2n) is 5.74. The van der Waals surface area contributed by atoms with Gasteiger partial charge < -0.3 is 14.8 Å². The molecule has 0 aromatic heterocycles. The average Bonchev–Trinajstić information content (AvgIpc) is 2.73. The largest absolute Gasteiger partial charge is 0.493 e. The summed E-state index contributed by atoms with van der Waals surface area (Å²) in [7, 11) is 3.19. The van der Waals surface area contributed by atoms with Crippen LogP contribution in [0.3, 0.4) is 0 Å². The Labute approximate surface area is 141 Å². The van der Waals surface area contributed by atoms with Gasteiger partial charge in [0.2, 0.25) is 5.91 Å². The fraction of sp³-hybridized carbons (Fsp3) is 0.263. The lowest BCUT2D eigenvalue weighted by atomic mass is 9.96. The minimum Gasteiger partial charge on any atom is -0.493 e. The number of benzene rings is 2. The Hall–Kier alpha value is -2.82. The molecule has 0 spiro atoms. The Balaban J connectivity index is 2.28. The van der Waals surface area contributed by atoms with Crippen LogP contribution >= 0.6 is 0 Å². The molecule has 2 aromatic rings. The van der Waals surface area contributed by atoms with Crippen LogP contribution in [0, 0.1) is 13.8 Å². The number of benzodiazepines with no additional fused rings is 1. The zero-order chi connectivity index (χ0) is 17.3. The van der Waals surface area contributed by atoms with Crippen molar-refractivity contribution in [2.45, 2.75) is 13.8 Å². The van der Waals surface area contributed by atoms with Gasteiger partial charge in [0.05, 0.1) is 25.6 Å². The van der Waals surface area contributed by atoms with Crippen molar-refractivity contribution >= 4 is 17.3 Å². The van der Waals surface area contributed by atoms with Crippen molar-refractivity contribution in [3.63, 3.8) is 0 Å². The van der Waals surface area contributed by atoms with Crippen molar-refractivity contribution in [1.82, 2.24) is 0 Å². The summed E-state index contributed by atoms with van der Waals surface area (Å²) in [4.78, 5) is 16.6. The number of nitrogens with zero attached hydrogens (tertiary/aromatic N) is 1. The van der Waals surface area contributed by atoms with Gasteiger partial charge in [-0.05, 0) is 26.0 Å². The van der Waals surface area contributed by atoms with Gasteiger partial charge in [0, 0.05) is 16.7 Å². The van der Waals surface area contributed by atoms with E-state index in [1.807, 2.05) is 38.1 Å².